The average Bonchev–Trinajstić information content (AvgIpc) is 3.05. The number of rotatable bonds is 14. The topological polar surface area (TPSA) is 37.3 Å². The van der Waals surface area contributed by atoms with E-state index in [0.717, 1.165) is 13.1 Å². The summed E-state index contributed by atoms with van der Waals surface area (Å²) in [5, 5.41) is 11.7. The number of unbranched alkanes of at least 4 members (excludes halogenated alkanes) is 3. The molecule has 0 bridgehead atoms. The summed E-state index contributed by atoms with van der Waals surface area (Å²) in [6.07, 6.45) is 14.2. The van der Waals surface area contributed by atoms with E-state index >= 15 is 0 Å². The van der Waals surface area contributed by atoms with E-state index in [-0.39, 0.29) is 24.8 Å². The lowest BCUT2D eigenvalue weighted by Gasteiger charge is -2.27. The minimum Gasteiger partial charge on any atom is -1.00 e. The summed E-state index contributed by atoms with van der Waals surface area (Å²) in [5.41, 5.74) is 1.39. The Morgan fingerprint density at radius 1 is 0.578 bits per heavy atom. The largest absolute Gasteiger partial charge is 1.00 e. The van der Waals surface area contributed by atoms with Gasteiger partial charge in [0.05, 0.1) is 6.16 Å². The Bertz CT molecular complexity index is 1120. The van der Waals surface area contributed by atoms with Crippen LogP contribution < -0.4 is 28.3 Å². The van der Waals surface area contributed by atoms with E-state index < -0.39 is 13.2 Å². The van der Waals surface area contributed by atoms with Crippen LogP contribution in [0, 0.1) is 0 Å². The van der Waals surface area contributed by atoms with Gasteiger partial charge in [0, 0.05) is 6.92 Å². The average molecular weight is 688 g/mol. The van der Waals surface area contributed by atoms with Crippen LogP contribution >= 0.6 is 27.6 Å². The highest BCUT2D eigenvalue weighted by molar-refractivity contribution is 7.95. The highest BCUT2D eigenvalue weighted by Crippen LogP contribution is 2.58. The van der Waals surface area contributed by atoms with Crippen LogP contribution in [0.2, 0.25) is 0 Å². The third-order valence-corrected chi connectivity index (χ3v) is 14.6. The van der Waals surface area contributed by atoms with Crippen molar-refractivity contribution in [2.45, 2.75) is 72.4 Å². The van der Waals surface area contributed by atoms with Crippen LogP contribution in [0.3, 0.4) is 0 Å². The standard InChI is InChI=1S/C25H22P.C12H27P.C2H4O2.2ClH/c1-5-13-22(14-6-1)21-26(23-15-7-2-8-16-23,24-17-9-3-10-18-24)25-19-11-4-12-20-25;1-4-7-10-13(11-8-5-2)12-9-6-3;1-2(3)4;;/h1-20H,21H2;4-12H2,1-3H3;1H3,(H,3,4);2*1H/q+1;;;;/p-1. The second-order valence-electron chi connectivity index (χ2n) is 10.9. The molecule has 0 heterocycles. The van der Waals surface area contributed by atoms with Gasteiger partial charge in [-0.15, -0.1) is 20.3 Å². The van der Waals surface area contributed by atoms with Gasteiger partial charge in [-0.05, 0) is 79.7 Å². The summed E-state index contributed by atoms with van der Waals surface area (Å²) in [6.45, 7) is 8.02. The van der Waals surface area contributed by atoms with Crippen molar-refractivity contribution in [3.63, 3.8) is 0 Å². The zero-order valence-corrected chi connectivity index (χ0v) is 31.0. The Balaban J connectivity index is 0.000000869. The minimum atomic E-state index is -1.78. The second kappa shape index (κ2) is 25.9. The summed E-state index contributed by atoms with van der Waals surface area (Å²) >= 11 is 0. The summed E-state index contributed by atoms with van der Waals surface area (Å²) in [7, 11) is -1.35. The van der Waals surface area contributed by atoms with E-state index in [0.29, 0.717) is 7.92 Å². The first-order valence-corrected chi connectivity index (χ1v) is 19.9. The first kappa shape index (κ1) is 42.8. The molecule has 0 unspecified atom stereocenters. The van der Waals surface area contributed by atoms with Crippen molar-refractivity contribution >= 4 is 49.5 Å². The highest BCUT2D eigenvalue weighted by atomic mass is 35.5. The van der Waals surface area contributed by atoms with Gasteiger partial charge in [0.2, 0.25) is 0 Å². The number of benzene rings is 4. The van der Waals surface area contributed by atoms with Crippen molar-refractivity contribution < 1.29 is 22.3 Å². The fourth-order valence-corrected chi connectivity index (χ4v) is 12.3. The zero-order chi connectivity index (χ0) is 31.2. The van der Waals surface area contributed by atoms with Gasteiger partial charge in [0.15, 0.2) is 0 Å². The van der Waals surface area contributed by atoms with Crippen LogP contribution in [0.1, 0.15) is 71.8 Å². The molecule has 1 N–H and O–H groups in total. The number of carboxylic acid groups (broad SMARTS) is 1. The molecule has 0 saturated carbocycles. The lowest BCUT2D eigenvalue weighted by atomic mass is 10.2. The first-order valence-electron chi connectivity index (χ1n) is 16.0. The van der Waals surface area contributed by atoms with Crippen LogP contribution in [0.4, 0.5) is 0 Å². The molecule has 0 aliphatic carbocycles. The number of halogens is 2. The van der Waals surface area contributed by atoms with Crippen molar-refractivity contribution in [1.82, 2.24) is 0 Å². The molecule has 4 aromatic carbocycles. The Morgan fingerprint density at radius 3 is 1.11 bits per heavy atom. The molecule has 0 aliphatic rings. The maximum Gasteiger partial charge on any atom is 0.300 e. The third-order valence-electron chi connectivity index (χ3n) is 7.34. The molecule has 0 fully saturated rings. The van der Waals surface area contributed by atoms with E-state index in [9.17, 15) is 0 Å². The molecule has 0 aromatic heterocycles. The van der Waals surface area contributed by atoms with Crippen molar-refractivity contribution in [3.05, 3.63) is 127 Å². The van der Waals surface area contributed by atoms with Gasteiger partial charge in [-0.3, -0.25) is 4.79 Å². The Hall–Kier alpha value is -2.21. The predicted octanol–water partition coefficient (Wildman–Crippen LogP) is 7.57. The van der Waals surface area contributed by atoms with Crippen molar-refractivity contribution in [2.24, 2.45) is 0 Å². The molecule has 0 aliphatic heterocycles. The SMILES string of the molecule is CC(=O)O.CCCCP(CCCC)CCCC.Cl.[Cl-].c1ccc(C[P+](c2ccccc2)(c2ccccc2)c2ccccc2)cc1. The monoisotopic (exact) mass is 686 g/mol. The molecule has 6 heteroatoms. The smallest absolute Gasteiger partial charge is 0.300 e. The van der Waals surface area contributed by atoms with Crippen LogP contribution in [-0.4, -0.2) is 29.6 Å². The van der Waals surface area contributed by atoms with E-state index in [2.05, 4.69) is 142 Å². The van der Waals surface area contributed by atoms with Crippen molar-refractivity contribution in [1.29, 1.82) is 0 Å². The van der Waals surface area contributed by atoms with E-state index in [1.54, 1.807) is 18.5 Å². The molecule has 0 radical (unpaired) electrons. The van der Waals surface area contributed by atoms with Crippen LogP contribution in [0.25, 0.3) is 0 Å². The molecule has 0 amide bonds. The molecule has 0 spiro atoms. The lowest BCUT2D eigenvalue weighted by molar-refractivity contribution is -0.134. The fourth-order valence-electron chi connectivity index (χ4n) is 5.11. The zero-order valence-electron chi connectivity index (χ0n) is 27.7. The third kappa shape index (κ3) is 15.8. The maximum atomic E-state index is 9.00. The van der Waals surface area contributed by atoms with Crippen LogP contribution in [-0.2, 0) is 11.0 Å². The predicted molar refractivity (Wildman–Crippen MR) is 202 cm³/mol. The van der Waals surface area contributed by atoms with Gasteiger partial charge < -0.3 is 17.5 Å². The number of carboxylic acids is 1. The van der Waals surface area contributed by atoms with Crippen molar-refractivity contribution in [3.8, 4) is 0 Å². The van der Waals surface area contributed by atoms with E-state index in [4.69, 9.17) is 9.90 Å². The second-order valence-corrected chi connectivity index (χ2v) is 17.0. The summed E-state index contributed by atoms with van der Waals surface area (Å²) in [4.78, 5) is 9.00. The molecule has 246 valence electrons. The van der Waals surface area contributed by atoms with Crippen molar-refractivity contribution in [2.75, 3.05) is 18.5 Å². The van der Waals surface area contributed by atoms with Gasteiger partial charge in [0.1, 0.15) is 23.2 Å². The minimum absolute atomic E-state index is 0. The number of carbonyl (C=O) groups is 1. The Morgan fingerprint density at radius 2 is 0.844 bits per heavy atom. The van der Waals surface area contributed by atoms with Gasteiger partial charge in [-0.25, -0.2) is 0 Å². The number of aliphatic carboxylic acids is 1. The lowest BCUT2D eigenvalue weighted by Crippen LogP contribution is -3.00. The molecule has 0 atom stereocenters. The van der Waals surface area contributed by atoms with Gasteiger partial charge in [-0.2, -0.15) is 0 Å². The summed E-state index contributed by atoms with van der Waals surface area (Å²) in [5.74, 6) is -0.833. The van der Waals surface area contributed by atoms with Gasteiger partial charge in [0.25, 0.3) is 5.97 Å². The highest BCUT2D eigenvalue weighted by Gasteiger charge is 2.45. The molecular formula is C39H54Cl2O2P2. The number of hydrogen-bond acceptors (Lipinski definition) is 1. The normalized spacial score (nSPS) is 10.2. The summed E-state index contributed by atoms with van der Waals surface area (Å²) < 4.78 is 0. The van der Waals surface area contributed by atoms with Gasteiger partial charge >= 0.3 is 0 Å². The quantitative estimate of drug-likeness (QED) is 0.139. The fraction of sp³-hybridized carbons (Fsp3) is 0.359. The Labute approximate surface area is 288 Å². The van der Waals surface area contributed by atoms with Crippen LogP contribution in [0.15, 0.2) is 121 Å². The maximum absolute atomic E-state index is 9.00. The summed E-state index contributed by atoms with van der Waals surface area (Å²) in [6, 6.07) is 44.0. The molecule has 4 aromatic rings. The van der Waals surface area contributed by atoms with E-state index in [1.165, 1.54) is 60.0 Å². The molecule has 45 heavy (non-hydrogen) atoms. The molecule has 4 rings (SSSR count). The van der Waals surface area contributed by atoms with Crippen LogP contribution in [0.5, 0.6) is 0 Å². The Kier molecular flexibility index (Phi) is 24.7. The van der Waals surface area contributed by atoms with Gasteiger partial charge in [-0.1, -0.05) is 125 Å². The molecule has 0 saturated heterocycles. The molecule has 2 nitrogen and oxygen atoms in total. The van der Waals surface area contributed by atoms with E-state index in [1.807, 2.05) is 0 Å². The first-order chi connectivity index (χ1) is 21.0. The number of hydrogen-bond donors (Lipinski definition) is 1. The molecular weight excluding hydrogens is 633 g/mol.